The van der Waals surface area contributed by atoms with Gasteiger partial charge in [-0.05, 0) is 35.9 Å². The molecular formula is C15H13BrFNOS. The number of hydrogen-bond donors (Lipinski definition) is 1. The SMILES string of the molecule is NC(=S)Cc1ccc(OCc2cc(Br)ccc2F)cc1. The number of nitrogens with two attached hydrogens (primary N) is 1. The number of hydrogen-bond acceptors (Lipinski definition) is 2. The lowest BCUT2D eigenvalue weighted by molar-refractivity contribution is 0.299. The molecule has 0 spiro atoms. The van der Waals surface area contributed by atoms with Crippen molar-refractivity contribution in [2.24, 2.45) is 5.73 Å². The van der Waals surface area contributed by atoms with Gasteiger partial charge in [0.25, 0.3) is 0 Å². The van der Waals surface area contributed by atoms with Crippen molar-refractivity contribution in [2.75, 3.05) is 0 Å². The Morgan fingerprint density at radius 1 is 1.20 bits per heavy atom. The van der Waals surface area contributed by atoms with E-state index < -0.39 is 0 Å². The van der Waals surface area contributed by atoms with Crippen LogP contribution < -0.4 is 10.5 Å². The quantitative estimate of drug-likeness (QED) is 0.825. The molecule has 0 aromatic heterocycles. The summed E-state index contributed by atoms with van der Waals surface area (Å²) in [5, 5.41) is 0. The molecule has 2 N–H and O–H groups in total. The molecule has 5 heteroatoms. The third-order valence-electron chi connectivity index (χ3n) is 2.70. The highest BCUT2D eigenvalue weighted by Crippen LogP contribution is 2.19. The van der Waals surface area contributed by atoms with E-state index in [1.165, 1.54) is 6.07 Å². The molecule has 0 radical (unpaired) electrons. The molecule has 0 aliphatic rings. The van der Waals surface area contributed by atoms with Crippen LogP contribution in [0.4, 0.5) is 4.39 Å². The van der Waals surface area contributed by atoms with E-state index >= 15 is 0 Å². The second kappa shape index (κ2) is 6.81. The van der Waals surface area contributed by atoms with Crippen molar-refractivity contribution in [2.45, 2.75) is 13.0 Å². The fraction of sp³-hybridized carbons (Fsp3) is 0.133. The Balaban J connectivity index is 2.00. The third kappa shape index (κ3) is 4.28. The second-order valence-electron chi connectivity index (χ2n) is 4.31. The molecule has 2 nitrogen and oxygen atoms in total. The topological polar surface area (TPSA) is 35.2 Å². The molecule has 2 rings (SSSR count). The standard InChI is InChI=1S/C15H13BrFNOS/c16-12-3-6-14(17)11(8-12)9-19-13-4-1-10(2-5-13)7-15(18)20/h1-6,8H,7,9H2,(H2,18,20). The number of halogens is 2. The zero-order valence-corrected chi connectivity index (χ0v) is 13.0. The first-order valence-electron chi connectivity index (χ1n) is 5.98. The zero-order valence-electron chi connectivity index (χ0n) is 10.6. The minimum absolute atomic E-state index is 0.180. The largest absolute Gasteiger partial charge is 0.489 e. The molecule has 0 saturated heterocycles. The summed E-state index contributed by atoms with van der Waals surface area (Å²) in [6, 6.07) is 12.2. The maximum absolute atomic E-state index is 13.6. The Kier molecular flexibility index (Phi) is 5.09. The van der Waals surface area contributed by atoms with Gasteiger partial charge in [-0.2, -0.15) is 0 Å². The molecule has 0 atom stereocenters. The number of benzene rings is 2. The van der Waals surface area contributed by atoms with E-state index in [9.17, 15) is 4.39 Å². The molecule has 20 heavy (non-hydrogen) atoms. The Bertz CT molecular complexity index is 616. The van der Waals surface area contributed by atoms with Crippen molar-refractivity contribution in [1.82, 2.24) is 0 Å². The normalized spacial score (nSPS) is 10.3. The van der Waals surface area contributed by atoms with Gasteiger partial charge in [-0.25, -0.2) is 4.39 Å². The van der Waals surface area contributed by atoms with Crippen molar-refractivity contribution >= 4 is 33.1 Å². The smallest absolute Gasteiger partial charge is 0.129 e. The van der Waals surface area contributed by atoms with Crippen LogP contribution in [0.15, 0.2) is 46.9 Å². The van der Waals surface area contributed by atoms with Gasteiger partial charge in [-0.3, -0.25) is 0 Å². The Hall–Kier alpha value is -1.46. The van der Waals surface area contributed by atoms with Crippen LogP contribution in [0, 0.1) is 5.82 Å². The maximum Gasteiger partial charge on any atom is 0.129 e. The Morgan fingerprint density at radius 3 is 2.55 bits per heavy atom. The number of ether oxygens (including phenoxy) is 1. The maximum atomic E-state index is 13.6. The predicted molar refractivity (Wildman–Crippen MR) is 85.4 cm³/mol. The summed E-state index contributed by atoms with van der Waals surface area (Å²) in [5.74, 6) is 0.398. The zero-order chi connectivity index (χ0) is 14.5. The third-order valence-corrected chi connectivity index (χ3v) is 3.34. The van der Waals surface area contributed by atoms with E-state index in [1.54, 1.807) is 12.1 Å². The Morgan fingerprint density at radius 2 is 1.90 bits per heavy atom. The predicted octanol–water partition coefficient (Wildman–Crippen LogP) is 4.00. The lowest BCUT2D eigenvalue weighted by Gasteiger charge is -2.08. The molecule has 0 saturated carbocycles. The van der Waals surface area contributed by atoms with E-state index in [1.807, 2.05) is 24.3 Å². The van der Waals surface area contributed by atoms with Gasteiger partial charge in [0.1, 0.15) is 18.2 Å². The molecule has 0 amide bonds. The molecule has 0 aliphatic heterocycles. The van der Waals surface area contributed by atoms with Crippen LogP contribution >= 0.6 is 28.1 Å². The van der Waals surface area contributed by atoms with Crippen LogP contribution in [0.3, 0.4) is 0 Å². The minimum atomic E-state index is -0.279. The highest BCUT2D eigenvalue weighted by Gasteiger charge is 2.04. The van der Waals surface area contributed by atoms with Crippen LogP contribution in [0.2, 0.25) is 0 Å². The average Bonchev–Trinajstić information content (AvgIpc) is 2.41. The second-order valence-corrected chi connectivity index (χ2v) is 5.75. The summed E-state index contributed by atoms with van der Waals surface area (Å²) in [7, 11) is 0. The van der Waals surface area contributed by atoms with Crippen molar-refractivity contribution < 1.29 is 9.13 Å². The van der Waals surface area contributed by atoms with Crippen molar-refractivity contribution in [3.63, 3.8) is 0 Å². The Labute approximate surface area is 130 Å². The first-order valence-corrected chi connectivity index (χ1v) is 7.18. The summed E-state index contributed by atoms with van der Waals surface area (Å²) < 4.78 is 19.9. The molecular weight excluding hydrogens is 341 g/mol. The first-order chi connectivity index (χ1) is 9.54. The van der Waals surface area contributed by atoms with Gasteiger partial charge in [-0.1, -0.05) is 40.3 Å². The van der Waals surface area contributed by atoms with Gasteiger partial charge < -0.3 is 10.5 Å². The molecule has 0 fully saturated rings. The summed E-state index contributed by atoms with van der Waals surface area (Å²) in [4.78, 5) is 0.454. The van der Waals surface area contributed by atoms with Crippen LogP contribution in [0.5, 0.6) is 5.75 Å². The van der Waals surface area contributed by atoms with E-state index in [2.05, 4.69) is 15.9 Å². The van der Waals surface area contributed by atoms with Crippen LogP contribution in [-0.2, 0) is 13.0 Å². The molecule has 0 heterocycles. The molecule has 2 aromatic carbocycles. The van der Waals surface area contributed by atoms with E-state index in [0.29, 0.717) is 22.7 Å². The van der Waals surface area contributed by atoms with E-state index in [-0.39, 0.29) is 12.4 Å². The van der Waals surface area contributed by atoms with Crippen molar-refractivity contribution in [3.05, 3.63) is 63.9 Å². The minimum Gasteiger partial charge on any atom is -0.489 e. The first kappa shape index (κ1) is 14.9. The van der Waals surface area contributed by atoms with E-state index in [0.717, 1.165) is 10.0 Å². The van der Waals surface area contributed by atoms with Crippen LogP contribution in [0.1, 0.15) is 11.1 Å². The van der Waals surface area contributed by atoms with Gasteiger partial charge in [0.2, 0.25) is 0 Å². The molecule has 2 aromatic rings. The van der Waals surface area contributed by atoms with Gasteiger partial charge in [0.15, 0.2) is 0 Å². The monoisotopic (exact) mass is 353 g/mol. The van der Waals surface area contributed by atoms with Gasteiger partial charge in [0, 0.05) is 16.5 Å². The lowest BCUT2D eigenvalue weighted by Crippen LogP contribution is -2.10. The molecule has 104 valence electrons. The van der Waals surface area contributed by atoms with E-state index in [4.69, 9.17) is 22.7 Å². The van der Waals surface area contributed by atoms with Crippen LogP contribution in [0.25, 0.3) is 0 Å². The van der Waals surface area contributed by atoms with Gasteiger partial charge in [-0.15, -0.1) is 0 Å². The lowest BCUT2D eigenvalue weighted by atomic mass is 10.1. The molecule has 0 bridgehead atoms. The highest BCUT2D eigenvalue weighted by atomic mass is 79.9. The fourth-order valence-corrected chi connectivity index (χ4v) is 2.29. The highest BCUT2D eigenvalue weighted by molar-refractivity contribution is 9.10. The summed E-state index contributed by atoms with van der Waals surface area (Å²) in [5.41, 5.74) is 7.01. The number of rotatable bonds is 5. The summed E-state index contributed by atoms with van der Waals surface area (Å²) in [6.07, 6.45) is 0.565. The van der Waals surface area contributed by atoms with Gasteiger partial charge in [0.05, 0.1) is 4.99 Å². The summed E-state index contributed by atoms with van der Waals surface area (Å²) >= 11 is 8.16. The number of thiocarbonyl (C=S) groups is 1. The molecule has 0 aliphatic carbocycles. The average molecular weight is 354 g/mol. The summed E-state index contributed by atoms with van der Waals surface area (Å²) in [6.45, 7) is 0.180. The molecule has 0 unspecified atom stereocenters. The van der Waals surface area contributed by atoms with Crippen molar-refractivity contribution in [3.8, 4) is 5.75 Å². The fourth-order valence-electron chi connectivity index (χ4n) is 1.72. The van der Waals surface area contributed by atoms with Gasteiger partial charge >= 0.3 is 0 Å². The van der Waals surface area contributed by atoms with Crippen molar-refractivity contribution in [1.29, 1.82) is 0 Å². The van der Waals surface area contributed by atoms with Crippen LogP contribution in [-0.4, -0.2) is 4.99 Å².